The number of nitrogens with zero attached hydrogens (tertiary/aromatic N) is 2. The van der Waals surface area contributed by atoms with Gasteiger partial charge in [-0.3, -0.25) is 10.1 Å². The normalized spacial score (nSPS) is 11.8. The van der Waals surface area contributed by atoms with Crippen molar-refractivity contribution < 1.29 is 4.79 Å². The molecule has 2 N–H and O–H groups in total. The van der Waals surface area contributed by atoms with Gasteiger partial charge in [0, 0.05) is 18.1 Å². The summed E-state index contributed by atoms with van der Waals surface area (Å²) in [4.78, 5) is 15.4. The molecule has 86 valence electrons. The standard InChI is InChI=1S/C10H14N4OS/c1-8(10-13-5-6-16-10)14-7-9(15)12-4-2-3-11/h5-6,8,14H,2,4,7H2,1H3,(H,12,15). The minimum atomic E-state index is -0.0985. The summed E-state index contributed by atoms with van der Waals surface area (Å²) in [5.74, 6) is -0.0985. The molecule has 0 bridgehead atoms. The lowest BCUT2D eigenvalue weighted by Crippen LogP contribution is -2.35. The average molecular weight is 238 g/mol. The van der Waals surface area contributed by atoms with E-state index >= 15 is 0 Å². The molecule has 0 radical (unpaired) electrons. The van der Waals surface area contributed by atoms with Crippen LogP contribution in [0.25, 0.3) is 0 Å². The first-order valence-electron chi connectivity index (χ1n) is 5.00. The number of nitriles is 1. The van der Waals surface area contributed by atoms with E-state index in [-0.39, 0.29) is 18.5 Å². The molecule has 1 unspecified atom stereocenters. The Morgan fingerprint density at radius 2 is 2.56 bits per heavy atom. The molecule has 0 aliphatic rings. The van der Waals surface area contributed by atoms with Gasteiger partial charge in [0.2, 0.25) is 5.91 Å². The Labute approximate surface area is 98.5 Å². The van der Waals surface area contributed by atoms with Crippen molar-refractivity contribution >= 4 is 17.2 Å². The van der Waals surface area contributed by atoms with E-state index in [2.05, 4.69) is 15.6 Å². The van der Waals surface area contributed by atoms with Crippen molar-refractivity contribution in [1.29, 1.82) is 5.26 Å². The zero-order chi connectivity index (χ0) is 11.8. The first-order chi connectivity index (χ1) is 7.74. The van der Waals surface area contributed by atoms with E-state index in [9.17, 15) is 4.79 Å². The first-order valence-corrected chi connectivity index (χ1v) is 5.88. The number of amides is 1. The third kappa shape index (κ3) is 4.38. The van der Waals surface area contributed by atoms with Crippen LogP contribution in [0.5, 0.6) is 0 Å². The second-order valence-electron chi connectivity index (χ2n) is 3.23. The molecule has 5 nitrogen and oxygen atoms in total. The quantitative estimate of drug-likeness (QED) is 0.719. The number of nitrogens with one attached hydrogen (secondary N) is 2. The Balaban J connectivity index is 2.19. The molecule has 1 heterocycles. The summed E-state index contributed by atoms with van der Waals surface area (Å²) in [6.45, 7) is 2.61. The molecule has 0 fully saturated rings. The van der Waals surface area contributed by atoms with Crippen LogP contribution >= 0.6 is 11.3 Å². The summed E-state index contributed by atoms with van der Waals surface area (Å²) >= 11 is 1.56. The van der Waals surface area contributed by atoms with Crippen LogP contribution in [0.4, 0.5) is 0 Å². The molecule has 1 amide bonds. The number of rotatable bonds is 6. The molecule has 16 heavy (non-hydrogen) atoms. The molecular formula is C10H14N4OS. The molecular weight excluding hydrogens is 224 g/mol. The fourth-order valence-corrected chi connectivity index (χ4v) is 1.77. The van der Waals surface area contributed by atoms with Crippen LogP contribution in [0, 0.1) is 11.3 Å². The topological polar surface area (TPSA) is 77.8 Å². The fourth-order valence-electron chi connectivity index (χ4n) is 1.10. The Morgan fingerprint density at radius 1 is 1.75 bits per heavy atom. The maximum atomic E-state index is 11.3. The molecule has 1 rings (SSSR count). The minimum Gasteiger partial charge on any atom is -0.354 e. The van der Waals surface area contributed by atoms with E-state index < -0.39 is 0 Å². The second kappa shape index (κ2) is 6.93. The number of carbonyl (C=O) groups excluding carboxylic acids is 1. The summed E-state index contributed by atoms with van der Waals surface area (Å²) in [6.07, 6.45) is 2.08. The lowest BCUT2D eigenvalue weighted by Gasteiger charge is -2.10. The Bertz CT molecular complexity index is 357. The molecule has 1 aromatic heterocycles. The summed E-state index contributed by atoms with van der Waals surface area (Å²) in [5, 5.41) is 16.9. The van der Waals surface area contributed by atoms with E-state index in [1.807, 2.05) is 18.4 Å². The molecule has 0 aliphatic heterocycles. The number of hydrogen-bond acceptors (Lipinski definition) is 5. The number of thiazole rings is 1. The van der Waals surface area contributed by atoms with Crippen LogP contribution in [0.15, 0.2) is 11.6 Å². The van der Waals surface area contributed by atoms with E-state index in [4.69, 9.17) is 5.26 Å². The van der Waals surface area contributed by atoms with Crippen LogP contribution in [0.1, 0.15) is 24.4 Å². The SMILES string of the molecule is CC(NCC(=O)NCCC#N)c1nccs1. The molecule has 0 saturated heterocycles. The number of hydrogen-bond donors (Lipinski definition) is 2. The van der Waals surface area contributed by atoms with Crippen molar-refractivity contribution in [2.75, 3.05) is 13.1 Å². The third-order valence-corrected chi connectivity index (χ3v) is 2.91. The van der Waals surface area contributed by atoms with E-state index in [1.165, 1.54) is 0 Å². The molecule has 1 atom stereocenters. The van der Waals surface area contributed by atoms with Gasteiger partial charge in [0.1, 0.15) is 5.01 Å². The van der Waals surface area contributed by atoms with Crippen molar-refractivity contribution in [2.45, 2.75) is 19.4 Å². The molecule has 0 aromatic carbocycles. The van der Waals surface area contributed by atoms with Crippen molar-refractivity contribution in [3.8, 4) is 6.07 Å². The fraction of sp³-hybridized carbons (Fsp3) is 0.500. The third-order valence-electron chi connectivity index (χ3n) is 1.95. The van der Waals surface area contributed by atoms with Crippen LogP contribution in [0.2, 0.25) is 0 Å². The molecule has 0 saturated carbocycles. The summed E-state index contributed by atoms with van der Waals surface area (Å²) in [7, 11) is 0. The van der Waals surface area contributed by atoms with E-state index in [1.54, 1.807) is 17.5 Å². The summed E-state index contributed by atoms with van der Waals surface area (Å²) in [6, 6.07) is 2.04. The molecule has 0 aliphatic carbocycles. The van der Waals surface area contributed by atoms with Crippen LogP contribution in [-0.4, -0.2) is 24.0 Å². The van der Waals surface area contributed by atoms with Gasteiger partial charge in [-0.15, -0.1) is 11.3 Å². The minimum absolute atomic E-state index is 0.0710. The lowest BCUT2D eigenvalue weighted by molar-refractivity contribution is -0.120. The monoisotopic (exact) mass is 238 g/mol. The predicted octanol–water partition coefficient (Wildman–Crippen LogP) is 0.824. The van der Waals surface area contributed by atoms with Gasteiger partial charge in [-0.25, -0.2) is 4.98 Å². The van der Waals surface area contributed by atoms with Gasteiger partial charge in [0.15, 0.2) is 0 Å². The van der Waals surface area contributed by atoms with Crippen LogP contribution in [-0.2, 0) is 4.79 Å². The van der Waals surface area contributed by atoms with Gasteiger partial charge in [-0.1, -0.05) is 0 Å². The summed E-state index contributed by atoms with van der Waals surface area (Å²) in [5.41, 5.74) is 0. The number of carbonyl (C=O) groups is 1. The maximum Gasteiger partial charge on any atom is 0.234 e. The molecule has 1 aromatic rings. The Morgan fingerprint density at radius 3 is 3.19 bits per heavy atom. The Kier molecular flexibility index (Phi) is 5.46. The zero-order valence-electron chi connectivity index (χ0n) is 9.06. The highest BCUT2D eigenvalue weighted by molar-refractivity contribution is 7.09. The van der Waals surface area contributed by atoms with Crippen LogP contribution in [0.3, 0.4) is 0 Å². The van der Waals surface area contributed by atoms with Crippen molar-refractivity contribution in [2.24, 2.45) is 0 Å². The zero-order valence-corrected chi connectivity index (χ0v) is 9.88. The highest BCUT2D eigenvalue weighted by atomic mass is 32.1. The summed E-state index contributed by atoms with van der Waals surface area (Å²) < 4.78 is 0. The van der Waals surface area contributed by atoms with Crippen molar-refractivity contribution in [3.05, 3.63) is 16.6 Å². The van der Waals surface area contributed by atoms with Gasteiger partial charge in [0.25, 0.3) is 0 Å². The average Bonchev–Trinajstić information content (AvgIpc) is 2.79. The van der Waals surface area contributed by atoms with Gasteiger partial charge >= 0.3 is 0 Å². The van der Waals surface area contributed by atoms with Crippen molar-refractivity contribution in [1.82, 2.24) is 15.6 Å². The van der Waals surface area contributed by atoms with E-state index in [0.29, 0.717) is 13.0 Å². The smallest absolute Gasteiger partial charge is 0.234 e. The van der Waals surface area contributed by atoms with Gasteiger partial charge in [-0.05, 0) is 6.92 Å². The lowest BCUT2D eigenvalue weighted by atomic mass is 10.3. The van der Waals surface area contributed by atoms with E-state index in [0.717, 1.165) is 5.01 Å². The predicted molar refractivity (Wildman–Crippen MR) is 61.8 cm³/mol. The van der Waals surface area contributed by atoms with Crippen molar-refractivity contribution in [3.63, 3.8) is 0 Å². The first kappa shape index (κ1) is 12.6. The van der Waals surface area contributed by atoms with Gasteiger partial charge in [-0.2, -0.15) is 5.26 Å². The molecule has 6 heteroatoms. The number of aromatic nitrogens is 1. The van der Waals surface area contributed by atoms with Gasteiger partial charge in [0.05, 0.1) is 25.1 Å². The Hall–Kier alpha value is -1.45. The maximum absolute atomic E-state index is 11.3. The van der Waals surface area contributed by atoms with Gasteiger partial charge < -0.3 is 5.32 Å². The highest BCUT2D eigenvalue weighted by Crippen LogP contribution is 2.13. The largest absolute Gasteiger partial charge is 0.354 e. The van der Waals surface area contributed by atoms with Crippen LogP contribution < -0.4 is 10.6 Å². The second-order valence-corrected chi connectivity index (χ2v) is 4.16. The molecule has 0 spiro atoms. The highest BCUT2D eigenvalue weighted by Gasteiger charge is 2.08.